The second-order valence-corrected chi connectivity index (χ2v) is 11.9. The van der Waals surface area contributed by atoms with E-state index in [0.29, 0.717) is 34.3 Å². The van der Waals surface area contributed by atoms with Crippen LogP contribution in [0, 0.1) is 24.2 Å². The largest absolute Gasteiger partial charge is 0.358 e. The number of nitrogens with zero attached hydrogens (tertiary/aromatic N) is 2. The number of benzene rings is 2. The van der Waals surface area contributed by atoms with Crippen LogP contribution in [-0.4, -0.2) is 54.8 Å². The first-order valence-electron chi connectivity index (χ1n) is 11.9. The van der Waals surface area contributed by atoms with Crippen molar-refractivity contribution >= 4 is 32.5 Å². The first-order valence-corrected chi connectivity index (χ1v) is 13.4. The van der Waals surface area contributed by atoms with Crippen LogP contribution in [-0.2, 0) is 19.5 Å². The number of aromatic nitrogens is 1. The van der Waals surface area contributed by atoms with Crippen molar-refractivity contribution in [3.63, 3.8) is 0 Å². The van der Waals surface area contributed by atoms with Gasteiger partial charge in [-0.05, 0) is 63.1 Å². The summed E-state index contributed by atoms with van der Waals surface area (Å²) in [5.74, 6) is -0.537. The van der Waals surface area contributed by atoms with E-state index in [1.54, 1.807) is 30.5 Å². The van der Waals surface area contributed by atoms with Crippen LogP contribution in [0.15, 0.2) is 47.5 Å². The third kappa shape index (κ3) is 3.50. The number of sulfonamides is 1. The Morgan fingerprint density at radius 2 is 1.89 bits per heavy atom. The molecule has 1 amide bonds. The van der Waals surface area contributed by atoms with E-state index < -0.39 is 15.8 Å². The molecule has 3 fully saturated rings. The molecule has 9 nitrogen and oxygen atoms in total. The van der Waals surface area contributed by atoms with Gasteiger partial charge in [-0.1, -0.05) is 6.07 Å². The number of piperidine rings is 1. The maximum absolute atomic E-state index is 13.3. The van der Waals surface area contributed by atoms with E-state index >= 15 is 0 Å². The second-order valence-electron chi connectivity index (χ2n) is 10.2. The van der Waals surface area contributed by atoms with Gasteiger partial charge in [0, 0.05) is 29.6 Å². The second kappa shape index (κ2) is 7.80. The van der Waals surface area contributed by atoms with Gasteiger partial charge in [-0.25, -0.2) is 8.42 Å². The van der Waals surface area contributed by atoms with Gasteiger partial charge in [0.05, 0.1) is 33.8 Å². The third-order valence-electron chi connectivity index (χ3n) is 7.46. The predicted octanol–water partition coefficient (Wildman–Crippen LogP) is 3.51. The third-order valence-corrected chi connectivity index (χ3v) is 8.85. The number of hydrogen-bond acceptors (Lipinski definition) is 6. The Labute approximate surface area is 209 Å². The number of fused-ring (bicyclic) bond motifs is 6. The van der Waals surface area contributed by atoms with Gasteiger partial charge in [-0.2, -0.15) is 5.26 Å². The molecule has 10 heteroatoms. The molecule has 1 aromatic heterocycles. The standard InChI is InChI=1S/C26H26N4O5S/c1-14-4-9-19(22-21(14)17(11-27)12-28-22)29-36(32,33)18-7-5-15(6-8-18)25(31)30-13-16-10-20(30)24-23(16)34-26(2,3)35-24/h4-9,12,16,20,23-24,28-29H,10,13H2,1-3H3/t16-,20-,23-,24+/m0/s1. The van der Waals surface area contributed by atoms with Gasteiger partial charge in [-0.3, -0.25) is 9.52 Å². The molecule has 3 heterocycles. The Balaban J connectivity index is 1.21. The average molecular weight is 507 g/mol. The highest BCUT2D eigenvalue weighted by molar-refractivity contribution is 7.92. The Bertz CT molecular complexity index is 1540. The molecule has 2 bridgehead atoms. The van der Waals surface area contributed by atoms with E-state index in [9.17, 15) is 18.5 Å². The zero-order chi connectivity index (χ0) is 25.4. The number of aromatic amines is 1. The molecule has 2 aromatic carbocycles. The predicted molar refractivity (Wildman–Crippen MR) is 132 cm³/mol. The van der Waals surface area contributed by atoms with E-state index in [-0.39, 0.29) is 35.0 Å². The summed E-state index contributed by atoms with van der Waals surface area (Å²) < 4.78 is 40.9. The molecule has 0 unspecified atom stereocenters. The Morgan fingerprint density at radius 3 is 2.61 bits per heavy atom. The van der Waals surface area contributed by atoms with Crippen LogP contribution in [0.5, 0.6) is 0 Å². The van der Waals surface area contributed by atoms with E-state index in [1.807, 2.05) is 25.7 Å². The molecule has 2 N–H and O–H groups in total. The minimum absolute atomic E-state index is 0.0183. The molecule has 1 saturated carbocycles. The number of amides is 1. The number of aryl methyl sites for hydroxylation is 1. The molecule has 3 aromatic rings. The molecule has 36 heavy (non-hydrogen) atoms. The number of likely N-dealkylation sites (tertiary alicyclic amines) is 1. The number of carbonyl (C=O) groups is 1. The summed E-state index contributed by atoms with van der Waals surface area (Å²) in [4.78, 5) is 18.1. The molecule has 2 saturated heterocycles. The van der Waals surface area contributed by atoms with Crippen LogP contribution >= 0.6 is 0 Å². The summed E-state index contributed by atoms with van der Waals surface area (Å²) in [5.41, 5.74) is 2.64. The normalized spacial score (nSPS) is 26.2. The van der Waals surface area contributed by atoms with Crippen LogP contribution in [0.1, 0.15) is 41.8 Å². The highest BCUT2D eigenvalue weighted by Gasteiger charge is 2.60. The fourth-order valence-corrected chi connectivity index (χ4v) is 6.97. The summed E-state index contributed by atoms with van der Waals surface area (Å²) >= 11 is 0. The van der Waals surface area contributed by atoms with Crippen LogP contribution in [0.4, 0.5) is 5.69 Å². The van der Waals surface area contributed by atoms with Crippen molar-refractivity contribution < 1.29 is 22.7 Å². The maximum Gasteiger partial charge on any atom is 0.261 e. The van der Waals surface area contributed by atoms with Crippen molar-refractivity contribution in [2.24, 2.45) is 5.92 Å². The van der Waals surface area contributed by atoms with Crippen LogP contribution < -0.4 is 4.72 Å². The molecular weight excluding hydrogens is 480 g/mol. The molecular formula is C26H26N4O5S. The highest BCUT2D eigenvalue weighted by Crippen LogP contribution is 2.48. The van der Waals surface area contributed by atoms with E-state index in [2.05, 4.69) is 15.8 Å². The Kier molecular flexibility index (Phi) is 4.99. The minimum Gasteiger partial charge on any atom is -0.358 e. The first-order chi connectivity index (χ1) is 17.1. The lowest BCUT2D eigenvalue weighted by Crippen LogP contribution is -2.49. The van der Waals surface area contributed by atoms with E-state index in [4.69, 9.17) is 9.47 Å². The summed E-state index contributed by atoms with van der Waals surface area (Å²) in [6.45, 7) is 6.26. The number of hydrogen-bond donors (Lipinski definition) is 2. The van der Waals surface area contributed by atoms with Crippen molar-refractivity contribution in [3.05, 3.63) is 59.3 Å². The lowest BCUT2D eigenvalue weighted by molar-refractivity contribution is -0.155. The Hall–Kier alpha value is -3.39. The van der Waals surface area contributed by atoms with Gasteiger partial charge in [-0.15, -0.1) is 0 Å². The van der Waals surface area contributed by atoms with Gasteiger partial charge in [0.1, 0.15) is 12.2 Å². The molecule has 0 radical (unpaired) electrons. The number of nitrogens with one attached hydrogen (secondary N) is 2. The van der Waals surface area contributed by atoms with Crippen molar-refractivity contribution in [1.29, 1.82) is 5.26 Å². The van der Waals surface area contributed by atoms with Gasteiger partial charge < -0.3 is 19.4 Å². The highest BCUT2D eigenvalue weighted by atomic mass is 32.2. The van der Waals surface area contributed by atoms with Crippen LogP contribution in [0.2, 0.25) is 0 Å². The number of H-pyrrole nitrogens is 1. The van der Waals surface area contributed by atoms with Gasteiger partial charge >= 0.3 is 0 Å². The van der Waals surface area contributed by atoms with Gasteiger partial charge in [0.15, 0.2) is 5.79 Å². The fraction of sp³-hybridized carbons (Fsp3) is 0.385. The van der Waals surface area contributed by atoms with Gasteiger partial charge in [0.2, 0.25) is 0 Å². The summed E-state index contributed by atoms with van der Waals surface area (Å²) in [7, 11) is -3.92. The van der Waals surface area contributed by atoms with E-state index in [1.165, 1.54) is 12.1 Å². The maximum atomic E-state index is 13.3. The summed E-state index contributed by atoms with van der Waals surface area (Å²) in [6, 6.07) is 11.5. The lowest BCUT2D eigenvalue weighted by Gasteiger charge is -2.33. The van der Waals surface area contributed by atoms with Crippen molar-refractivity contribution in [2.45, 2.75) is 56.1 Å². The number of carbonyl (C=O) groups excluding carboxylic acids is 1. The van der Waals surface area contributed by atoms with E-state index in [0.717, 1.165) is 12.0 Å². The number of ether oxygens (including phenoxy) is 2. The fourth-order valence-electron chi connectivity index (χ4n) is 5.90. The molecule has 3 aliphatic rings. The molecule has 6 rings (SSSR count). The smallest absolute Gasteiger partial charge is 0.261 e. The number of anilines is 1. The average Bonchev–Trinajstić information content (AvgIpc) is 3.60. The van der Waals surface area contributed by atoms with Crippen molar-refractivity contribution in [3.8, 4) is 6.07 Å². The molecule has 186 valence electrons. The SMILES string of the molecule is Cc1ccc(NS(=O)(=O)c2ccc(C(=O)N3C[C@@H]4C[C@H]3[C@H]3OC(C)(C)O[C@@H]43)cc2)c2[nH]cc(C#N)c12. The first kappa shape index (κ1) is 23.0. The molecule has 0 spiro atoms. The quantitative estimate of drug-likeness (QED) is 0.558. The van der Waals surface area contributed by atoms with Crippen molar-refractivity contribution in [2.75, 3.05) is 11.3 Å². The minimum atomic E-state index is -3.92. The molecule has 4 atom stereocenters. The number of nitriles is 1. The van der Waals surface area contributed by atoms with Crippen LogP contribution in [0.3, 0.4) is 0 Å². The zero-order valence-corrected chi connectivity index (χ0v) is 20.9. The van der Waals surface area contributed by atoms with Gasteiger partial charge in [0.25, 0.3) is 15.9 Å². The van der Waals surface area contributed by atoms with Crippen molar-refractivity contribution in [1.82, 2.24) is 9.88 Å². The Morgan fingerprint density at radius 1 is 1.17 bits per heavy atom. The number of rotatable bonds is 4. The topological polar surface area (TPSA) is 125 Å². The summed E-state index contributed by atoms with van der Waals surface area (Å²) in [5, 5.41) is 10.0. The lowest BCUT2D eigenvalue weighted by atomic mass is 10.0. The van der Waals surface area contributed by atoms with Crippen LogP contribution in [0.25, 0.3) is 10.9 Å². The summed E-state index contributed by atoms with van der Waals surface area (Å²) in [6.07, 6.45) is 2.30. The molecule has 2 aliphatic heterocycles. The molecule has 1 aliphatic carbocycles. The zero-order valence-electron chi connectivity index (χ0n) is 20.1. The monoisotopic (exact) mass is 506 g/mol.